The number of ether oxygens (including phenoxy) is 2. The second-order valence-electron chi connectivity index (χ2n) is 8.48. The molecule has 3 aromatic rings. The molecule has 9 heteroatoms. The molecule has 0 aromatic heterocycles. The van der Waals surface area contributed by atoms with Crippen LogP contribution in [0.4, 0.5) is 8.78 Å². The molecule has 0 saturated heterocycles. The Morgan fingerprint density at radius 2 is 1.70 bits per heavy atom. The highest BCUT2D eigenvalue weighted by Crippen LogP contribution is 2.33. The minimum atomic E-state index is -0.580. The third-order valence-corrected chi connectivity index (χ3v) is 6.12. The first-order chi connectivity index (χ1) is 17.9. The Hall–Kier alpha value is -4.11. The lowest BCUT2D eigenvalue weighted by atomic mass is 9.98. The third-order valence-electron chi connectivity index (χ3n) is 6.12. The highest BCUT2D eigenvalue weighted by atomic mass is 19.1. The fourth-order valence-electron chi connectivity index (χ4n) is 4.15. The Labute approximate surface area is 213 Å². The van der Waals surface area contributed by atoms with E-state index >= 15 is 0 Å². The van der Waals surface area contributed by atoms with Gasteiger partial charge in [0.05, 0.1) is 25.5 Å². The highest BCUT2D eigenvalue weighted by molar-refractivity contribution is 6.04. The van der Waals surface area contributed by atoms with E-state index in [1.807, 2.05) is 0 Å². The summed E-state index contributed by atoms with van der Waals surface area (Å²) in [6.07, 6.45) is 0.239. The van der Waals surface area contributed by atoms with Crippen LogP contribution in [0.5, 0.6) is 5.75 Å². The Morgan fingerprint density at radius 3 is 2.35 bits per heavy atom. The van der Waals surface area contributed by atoms with Gasteiger partial charge in [-0.05, 0) is 48.0 Å². The van der Waals surface area contributed by atoms with Crippen molar-refractivity contribution in [3.05, 3.63) is 101 Å². The van der Waals surface area contributed by atoms with Crippen LogP contribution in [0.2, 0.25) is 0 Å². The maximum atomic E-state index is 14.5. The summed E-state index contributed by atoms with van der Waals surface area (Å²) in [5, 5.41) is 5.73. The number of nitrogens with zero attached hydrogens (tertiary/aromatic N) is 3. The second-order valence-corrected chi connectivity index (χ2v) is 8.48. The van der Waals surface area contributed by atoms with Gasteiger partial charge >= 0.3 is 0 Å². The molecule has 1 aliphatic heterocycles. The molecule has 0 aliphatic carbocycles. The molecule has 4 rings (SSSR count). The summed E-state index contributed by atoms with van der Waals surface area (Å²) in [7, 11) is 3.04. The smallest absolute Gasteiger partial charge is 0.262 e. The van der Waals surface area contributed by atoms with Gasteiger partial charge in [0.2, 0.25) is 0 Å². The normalized spacial score (nSPS) is 14.9. The van der Waals surface area contributed by atoms with Crippen LogP contribution in [-0.2, 0) is 9.53 Å². The molecule has 192 valence electrons. The van der Waals surface area contributed by atoms with Gasteiger partial charge in [0, 0.05) is 31.2 Å². The molecule has 0 bridgehead atoms. The number of benzene rings is 3. The van der Waals surface area contributed by atoms with Crippen molar-refractivity contribution < 1.29 is 27.8 Å². The number of carbonyl (C=O) groups excluding carboxylic acids is 2. The van der Waals surface area contributed by atoms with E-state index in [0.29, 0.717) is 22.6 Å². The average molecular weight is 508 g/mol. The van der Waals surface area contributed by atoms with Crippen molar-refractivity contribution >= 4 is 17.5 Å². The van der Waals surface area contributed by atoms with E-state index in [1.54, 1.807) is 54.6 Å². The molecule has 1 aliphatic rings. The third kappa shape index (κ3) is 6.00. The first-order valence-corrected chi connectivity index (χ1v) is 11.7. The Morgan fingerprint density at radius 1 is 1.00 bits per heavy atom. The van der Waals surface area contributed by atoms with Crippen LogP contribution in [0, 0.1) is 11.6 Å². The van der Waals surface area contributed by atoms with Crippen LogP contribution in [-0.4, -0.2) is 61.4 Å². The number of carbonyl (C=O) groups is 2. The van der Waals surface area contributed by atoms with Crippen LogP contribution < -0.4 is 4.74 Å². The number of methoxy groups -OCH3 is 2. The zero-order chi connectivity index (χ0) is 26.4. The summed E-state index contributed by atoms with van der Waals surface area (Å²) in [5.41, 5.74) is 1.72. The second kappa shape index (κ2) is 11.7. The summed E-state index contributed by atoms with van der Waals surface area (Å²) in [6, 6.07) is 17.9. The van der Waals surface area contributed by atoms with Gasteiger partial charge in [-0.25, -0.2) is 13.8 Å². The topological polar surface area (TPSA) is 71.4 Å². The van der Waals surface area contributed by atoms with Gasteiger partial charge in [-0.1, -0.05) is 30.3 Å². The van der Waals surface area contributed by atoms with Crippen molar-refractivity contribution in [3.8, 4) is 5.75 Å². The van der Waals surface area contributed by atoms with E-state index < -0.39 is 23.6 Å². The summed E-state index contributed by atoms with van der Waals surface area (Å²) in [5.74, 6) is -1.08. The molecule has 3 aromatic carbocycles. The molecular formula is C28H27F2N3O4. The zero-order valence-electron chi connectivity index (χ0n) is 20.6. The van der Waals surface area contributed by atoms with Crippen molar-refractivity contribution in [1.82, 2.24) is 9.91 Å². The first kappa shape index (κ1) is 26.0. The van der Waals surface area contributed by atoms with Gasteiger partial charge in [-0.15, -0.1) is 0 Å². The molecule has 0 radical (unpaired) electrons. The van der Waals surface area contributed by atoms with Crippen LogP contribution in [0.15, 0.2) is 77.9 Å². The number of halogens is 2. The number of hydrazone groups is 1. The van der Waals surface area contributed by atoms with Crippen molar-refractivity contribution in [3.63, 3.8) is 0 Å². The van der Waals surface area contributed by atoms with Crippen LogP contribution in [0.1, 0.15) is 33.9 Å². The first-order valence-electron chi connectivity index (χ1n) is 11.7. The van der Waals surface area contributed by atoms with Gasteiger partial charge in [-0.2, -0.15) is 5.10 Å². The number of amides is 2. The van der Waals surface area contributed by atoms with Crippen LogP contribution in [0.25, 0.3) is 0 Å². The summed E-state index contributed by atoms with van der Waals surface area (Å²) < 4.78 is 38.4. The summed E-state index contributed by atoms with van der Waals surface area (Å²) in [4.78, 5) is 28.2. The van der Waals surface area contributed by atoms with Gasteiger partial charge in [0.1, 0.15) is 23.9 Å². The molecule has 7 nitrogen and oxygen atoms in total. The highest BCUT2D eigenvalue weighted by Gasteiger charge is 2.35. The maximum Gasteiger partial charge on any atom is 0.262 e. The molecule has 37 heavy (non-hydrogen) atoms. The van der Waals surface area contributed by atoms with Crippen molar-refractivity contribution in [2.24, 2.45) is 5.10 Å². The maximum absolute atomic E-state index is 14.5. The van der Waals surface area contributed by atoms with Gasteiger partial charge in [-0.3, -0.25) is 9.59 Å². The van der Waals surface area contributed by atoms with Gasteiger partial charge in [0.15, 0.2) is 0 Å². The van der Waals surface area contributed by atoms with E-state index in [1.165, 1.54) is 42.3 Å². The summed E-state index contributed by atoms with van der Waals surface area (Å²) >= 11 is 0. The molecule has 1 unspecified atom stereocenters. The van der Waals surface area contributed by atoms with E-state index in [0.717, 1.165) is 0 Å². The fourth-order valence-corrected chi connectivity index (χ4v) is 4.15. The molecular weight excluding hydrogens is 480 g/mol. The van der Waals surface area contributed by atoms with E-state index in [2.05, 4.69) is 5.10 Å². The lowest BCUT2D eigenvalue weighted by Crippen LogP contribution is -2.42. The molecule has 0 spiro atoms. The van der Waals surface area contributed by atoms with E-state index in [4.69, 9.17) is 9.47 Å². The molecule has 0 fully saturated rings. The molecule has 0 N–H and O–H groups in total. The lowest BCUT2D eigenvalue weighted by Gasteiger charge is -2.27. The van der Waals surface area contributed by atoms with E-state index in [-0.39, 0.29) is 37.6 Å². The number of rotatable bonds is 9. The number of hydrogen-bond acceptors (Lipinski definition) is 5. The Kier molecular flexibility index (Phi) is 8.25. The molecule has 1 atom stereocenters. The average Bonchev–Trinajstić information content (AvgIpc) is 3.36. The molecule has 2 amide bonds. The largest absolute Gasteiger partial charge is 0.497 e. The molecule has 1 heterocycles. The minimum absolute atomic E-state index is 0.173. The minimum Gasteiger partial charge on any atom is -0.497 e. The van der Waals surface area contributed by atoms with Crippen LogP contribution >= 0.6 is 0 Å². The Bertz CT molecular complexity index is 1280. The van der Waals surface area contributed by atoms with Gasteiger partial charge < -0.3 is 14.4 Å². The van der Waals surface area contributed by atoms with Crippen molar-refractivity contribution in [2.45, 2.75) is 12.5 Å². The van der Waals surface area contributed by atoms with Crippen LogP contribution in [0.3, 0.4) is 0 Å². The molecule has 0 saturated carbocycles. The van der Waals surface area contributed by atoms with Gasteiger partial charge in [0.25, 0.3) is 11.8 Å². The summed E-state index contributed by atoms with van der Waals surface area (Å²) in [6.45, 7) is 0.117. The Balaban J connectivity index is 1.62. The predicted octanol–water partition coefficient (Wildman–Crippen LogP) is 4.44. The quantitative estimate of drug-likeness (QED) is 0.429. The lowest BCUT2D eigenvalue weighted by molar-refractivity contribution is -0.133. The monoisotopic (exact) mass is 507 g/mol. The number of hydrogen-bond donors (Lipinski definition) is 0. The van der Waals surface area contributed by atoms with Crippen molar-refractivity contribution in [2.75, 3.05) is 33.9 Å². The van der Waals surface area contributed by atoms with Crippen molar-refractivity contribution in [1.29, 1.82) is 0 Å². The zero-order valence-corrected chi connectivity index (χ0v) is 20.6. The SMILES string of the molecule is COCCN(CC(=O)N1N=C(c2ccccc2F)CC1c1ccc(F)cc1)C(=O)c1ccc(OC)cc1. The fraction of sp³-hybridized carbons (Fsp3) is 0.250. The predicted molar refractivity (Wildman–Crippen MR) is 134 cm³/mol. The standard InChI is InChI=1S/C28H27F2N3O4/c1-36-16-15-32(28(35)20-9-13-22(37-2)14-10-20)18-27(34)33-26(19-7-11-21(29)12-8-19)17-25(31-33)23-5-3-4-6-24(23)30/h3-14,26H,15-18H2,1-2H3. The van der Waals surface area contributed by atoms with E-state index in [9.17, 15) is 18.4 Å².